The van der Waals surface area contributed by atoms with E-state index in [9.17, 15) is 4.79 Å². The third kappa shape index (κ3) is 6.58. The van der Waals surface area contributed by atoms with Gasteiger partial charge in [0.15, 0.2) is 0 Å². The molecule has 0 aliphatic heterocycles. The average molecular weight is 434 g/mol. The van der Waals surface area contributed by atoms with Crippen molar-refractivity contribution < 1.29 is 14.3 Å². The lowest BCUT2D eigenvalue weighted by molar-refractivity contribution is -0.116. The summed E-state index contributed by atoms with van der Waals surface area (Å²) < 4.78 is 12.3. The Hall–Kier alpha value is -2.01. The van der Waals surface area contributed by atoms with Crippen molar-refractivity contribution in [3.05, 3.63) is 52.5 Å². The minimum absolute atomic E-state index is 0.0482. The largest absolute Gasteiger partial charge is 0.492 e. The van der Waals surface area contributed by atoms with Crippen LogP contribution < -0.4 is 14.8 Å². The third-order valence-corrected chi connectivity index (χ3v) is 4.68. The van der Waals surface area contributed by atoms with Crippen LogP contribution in [-0.4, -0.2) is 19.1 Å². The lowest BCUT2D eigenvalue weighted by Crippen LogP contribution is -2.14. The molecule has 4 nitrogen and oxygen atoms in total. The Bertz CT molecular complexity index is 768. The molecule has 0 unspecified atom stereocenters. The van der Waals surface area contributed by atoms with Crippen LogP contribution in [0, 0.1) is 0 Å². The van der Waals surface area contributed by atoms with Gasteiger partial charge in [-0.25, -0.2) is 0 Å². The molecule has 1 amide bonds. The number of anilines is 1. The number of para-hydroxylation sites is 2. The van der Waals surface area contributed by atoms with E-state index in [-0.39, 0.29) is 11.3 Å². The standard InChI is InChI=1S/C22H28BrNO3/c1-5-26-20-10-7-6-9-18(20)24-21(25)11-8-14-27-19-13-12-16(15-17(19)23)22(2,3)4/h6-7,9-10,12-13,15H,5,8,11,14H2,1-4H3,(H,24,25). The minimum Gasteiger partial charge on any atom is -0.492 e. The summed E-state index contributed by atoms with van der Waals surface area (Å²) in [5.41, 5.74) is 2.04. The topological polar surface area (TPSA) is 47.6 Å². The molecule has 0 aromatic heterocycles. The fraction of sp³-hybridized carbons (Fsp3) is 0.409. The normalized spacial score (nSPS) is 11.1. The van der Waals surface area contributed by atoms with Crippen LogP contribution in [0.25, 0.3) is 0 Å². The van der Waals surface area contributed by atoms with E-state index in [4.69, 9.17) is 9.47 Å². The van der Waals surface area contributed by atoms with Crippen molar-refractivity contribution >= 4 is 27.5 Å². The van der Waals surface area contributed by atoms with Gasteiger partial charge in [-0.15, -0.1) is 0 Å². The van der Waals surface area contributed by atoms with Gasteiger partial charge >= 0.3 is 0 Å². The molecule has 0 saturated heterocycles. The monoisotopic (exact) mass is 433 g/mol. The van der Waals surface area contributed by atoms with Crippen molar-refractivity contribution in [3.63, 3.8) is 0 Å². The summed E-state index contributed by atoms with van der Waals surface area (Å²) in [4.78, 5) is 12.2. The number of halogens is 1. The molecule has 0 heterocycles. The van der Waals surface area contributed by atoms with Gasteiger partial charge in [-0.2, -0.15) is 0 Å². The first-order valence-corrected chi connectivity index (χ1v) is 10.0. The lowest BCUT2D eigenvalue weighted by atomic mass is 9.87. The number of carbonyl (C=O) groups is 1. The summed E-state index contributed by atoms with van der Waals surface area (Å²) in [6.07, 6.45) is 1.02. The zero-order chi connectivity index (χ0) is 19.9. The number of hydrogen-bond acceptors (Lipinski definition) is 3. The van der Waals surface area contributed by atoms with E-state index in [1.165, 1.54) is 5.56 Å². The SMILES string of the molecule is CCOc1ccccc1NC(=O)CCCOc1ccc(C(C)(C)C)cc1Br. The van der Waals surface area contributed by atoms with Crippen LogP contribution in [-0.2, 0) is 10.2 Å². The molecule has 0 radical (unpaired) electrons. The number of amides is 1. The van der Waals surface area contributed by atoms with Gasteiger partial charge in [-0.1, -0.05) is 39.0 Å². The zero-order valence-electron chi connectivity index (χ0n) is 16.5. The van der Waals surface area contributed by atoms with Crippen molar-refractivity contribution in [3.8, 4) is 11.5 Å². The first-order chi connectivity index (χ1) is 12.8. The van der Waals surface area contributed by atoms with Crippen LogP contribution in [0.2, 0.25) is 0 Å². The van der Waals surface area contributed by atoms with E-state index in [2.05, 4.69) is 54.2 Å². The van der Waals surface area contributed by atoms with Crippen LogP contribution >= 0.6 is 15.9 Å². The molecule has 0 fully saturated rings. The molecule has 0 saturated carbocycles. The molecule has 0 bridgehead atoms. The van der Waals surface area contributed by atoms with Gasteiger partial charge in [0, 0.05) is 6.42 Å². The molecule has 27 heavy (non-hydrogen) atoms. The van der Waals surface area contributed by atoms with Crippen molar-refractivity contribution in [2.45, 2.75) is 46.0 Å². The maximum absolute atomic E-state index is 12.2. The molecule has 0 atom stereocenters. The number of ether oxygens (including phenoxy) is 2. The Morgan fingerprint density at radius 3 is 2.48 bits per heavy atom. The quantitative estimate of drug-likeness (QED) is 0.523. The highest BCUT2D eigenvalue weighted by Gasteiger charge is 2.15. The second-order valence-electron chi connectivity index (χ2n) is 7.32. The second kappa shape index (κ2) is 9.79. The molecular formula is C22H28BrNO3. The van der Waals surface area contributed by atoms with Gasteiger partial charge < -0.3 is 14.8 Å². The first kappa shape index (κ1) is 21.3. The molecule has 0 aliphatic carbocycles. The molecule has 1 N–H and O–H groups in total. The molecule has 2 aromatic carbocycles. The van der Waals surface area contributed by atoms with Crippen LogP contribution in [0.15, 0.2) is 46.9 Å². The zero-order valence-corrected chi connectivity index (χ0v) is 18.1. The molecular weight excluding hydrogens is 406 g/mol. The highest BCUT2D eigenvalue weighted by molar-refractivity contribution is 9.10. The van der Waals surface area contributed by atoms with Crippen LogP contribution in [0.3, 0.4) is 0 Å². The average Bonchev–Trinajstić information content (AvgIpc) is 2.61. The number of nitrogens with one attached hydrogen (secondary N) is 1. The van der Waals surface area contributed by atoms with E-state index in [1.54, 1.807) is 0 Å². The Morgan fingerprint density at radius 1 is 1.07 bits per heavy atom. The molecule has 0 aliphatic rings. The fourth-order valence-corrected chi connectivity index (χ4v) is 3.06. The molecule has 2 rings (SSSR count). The number of hydrogen-bond donors (Lipinski definition) is 1. The van der Waals surface area contributed by atoms with Crippen molar-refractivity contribution in [2.24, 2.45) is 0 Å². The van der Waals surface area contributed by atoms with Crippen molar-refractivity contribution in [1.29, 1.82) is 0 Å². The molecule has 2 aromatic rings. The van der Waals surface area contributed by atoms with Crippen LogP contribution in [0.5, 0.6) is 11.5 Å². The van der Waals surface area contributed by atoms with Crippen LogP contribution in [0.4, 0.5) is 5.69 Å². The van der Waals surface area contributed by atoms with Gasteiger partial charge in [-0.3, -0.25) is 4.79 Å². The molecule has 5 heteroatoms. The summed E-state index contributed by atoms with van der Waals surface area (Å²) in [5, 5.41) is 2.90. The smallest absolute Gasteiger partial charge is 0.224 e. The van der Waals surface area contributed by atoms with Gasteiger partial charge in [0.25, 0.3) is 0 Å². The lowest BCUT2D eigenvalue weighted by Gasteiger charge is -2.20. The Kier molecular flexibility index (Phi) is 7.72. The Labute approximate surface area is 170 Å². The summed E-state index contributed by atoms with van der Waals surface area (Å²) in [7, 11) is 0. The highest BCUT2D eigenvalue weighted by atomic mass is 79.9. The first-order valence-electron chi connectivity index (χ1n) is 9.25. The van der Waals surface area contributed by atoms with E-state index in [1.807, 2.05) is 37.3 Å². The Balaban J connectivity index is 1.81. The van der Waals surface area contributed by atoms with E-state index in [0.717, 1.165) is 10.2 Å². The molecule has 146 valence electrons. The predicted octanol–water partition coefficient (Wildman–Crippen LogP) is 5.94. The molecule has 0 spiro atoms. The Morgan fingerprint density at radius 2 is 1.81 bits per heavy atom. The number of benzene rings is 2. The maximum Gasteiger partial charge on any atom is 0.224 e. The number of rotatable bonds is 8. The van der Waals surface area contributed by atoms with E-state index in [0.29, 0.717) is 37.5 Å². The second-order valence-corrected chi connectivity index (χ2v) is 8.18. The predicted molar refractivity (Wildman–Crippen MR) is 114 cm³/mol. The van der Waals surface area contributed by atoms with Gasteiger partial charge in [-0.05, 0) is 64.5 Å². The fourth-order valence-electron chi connectivity index (χ4n) is 2.56. The maximum atomic E-state index is 12.2. The van der Waals surface area contributed by atoms with Crippen molar-refractivity contribution in [2.75, 3.05) is 18.5 Å². The van der Waals surface area contributed by atoms with E-state index < -0.39 is 0 Å². The highest BCUT2D eigenvalue weighted by Crippen LogP contribution is 2.31. The van der Waals surface area contributed by atoms with Crippen LogP contribution in [0.1, 0.15) is 46.1 Å². The minimum atomic E-state index is -0.0482. The summed E-state index contributed by atoms with van der Waals surface area (Å²) in [6.45, 7) is 9.49. The third-order valence-electron chi connectivity index (χ3n) is 4.06. The summed E-state index contributed by atoms with van der Waals surface area (Å²) >= 11 is 3.57. The van der Waals surface area contributed by atoms with Gasteiger partial charge in [0.05, 0.1) is 23.4 Å². The van der Waals surface area contributed by atoms with Crippen molar-refractivity contribution in [1.82, 2.24) is 0 Å². The van der Waals surface area contributed by atoms with Gasteiger partial charge in [0.2, 0.25) is 5.91 Å². The number of carbonyl (C=O) groups excluding carboxylic acids is 1. The van der Waals surface area contributed by atoms with E-state index >= 15 is 0 Å². The van der Waals surface area contributed by atoms with Gasteiger partial charge in [0.1, 0.15) is 11.5 Å². The summed E-state index contributed by atoms with van der Waals surface area (Å²) in [6, 6.07) is 13.6. The summed E-state index contributed by atoms with van der Waals surface area (Å²) in [5.74, 6) is 1.44.